The molecule has 0 aliphatic rings. The van der Waals surface area contributed by atoms with Gasteiger partial charge in [-0.25, -0.2) is 0 Å². The summed E-state index contributed by atoms with van der Waals surface area (Å²) in [5.41, 5.74) is 2.43. The Labute approximate surface area is 98.6 Å². The molecule has 0 fully saturated rings. The second-order valence-corrected chi connectivity index (χ2v) is 4.60. The van der Waals surface area contributed by atoms with E-state index in [-0.39, 0.29) is 0 Å². The first-order chi connectivity index (χ1) is 7.59. The van der Waals surface area contributed by atoms with E-state index in [0.29, 0.717) is 0 Å². The lowest BCUT2D eigenvalue weighted by Gasteiger charge is -2.09. The lowest BCUT2D eigenvalue weighted by molar-refractivity contribution is 0.391. The first-order valence-electron chi connectivity index (χ1n) is 5.94. The second kappa shape index (κ2) is 6.66. The van der Waals surface area contributed by atoms with E-state index in [1.165, 1.54) is 24.9 Å². The number of aryl methyl sites for hydroxylation is 2. The van der Waals surface area contributed by atoms with Crippen LogP contribution in [0.5, 0.6) is 0 Å². The van der Waals surface area contributed by atoms with Crippen molar-refractivity contribution in [3.63, 3.8) is 0 Å². The Morgan fingerprint density at radius 1 is 1.38 bits per heavy atom. The van der Waals surface area contributed by atoms with Crippen molar-refractivity contribution in [2.24, 2.45) is 7.05 Å². The van der Waals surface area contributed by atoms with Crippen molar-refractivity contribution in [2.75, 3.05) is 27.2 Å². The molecule has 92 valence electrons. The van der Waals surface area contributed by atoms with Crippen LogP contribution in [0.2, 0.25) is 0 Å². The van der Waals surface area contributed by atoms with Gasteiger partial charge in [-0.05, 0) is 47.0 Å². The van der Waals surface area contributed by atoms with E-state index in [0.717, 1.165) is 18.8 Å². The van der Waals surface area contributed by atoms with E-state index in [2.05, 4.69) is 42.5 Å². The van der Waals surface area contributed by atoms with Gasteiger partial charge in [0.1, 0.15) is 0 Å². The van der Waals surface area contributed by atoms with Crippen molar-refractivity contribution in [2.45, 2.75) is 26.3 Å². The Bertz CT molecular complexity index is 304. The molecular weight excluding hydrogens is 200 g/mol. The highest BCUT2D eigenvalue weighted by Gasteiger charge is 2.01. The summed E-state index contributed by atoms with van der Waals surface area (Å²) in [5.74, 6) is 0. The molecule has 0 radical (unpaired) electrons. The number of nitrogens with zero attached hydrogens (tertiary/aromatic N) is 3. The SMILES string of the molecule is Cc1nn(C)cc1CNCCCCN(C)C. The minimum Gasteiger partial charge on any atom is -0.313 e. The predicted octanol–water partition coefficient (Wildman–Crippen LogP) is 1.16. The first-order valence-corrected chi connectivity index (χ1v) is 5.94. The zero-order chi connectivity index (χ0) is 12.0. The fourth-order valence-corrected chi connectivity index (χ4v) is 1.72. The number of nitrogens with one attached hydrogen (secondary N) is 1. The molecule has 1 rings (SSSR count). The van der Waals surface area contributed by atoms with Gasteiger partial charge in [-0.15, -0.1) is 0 Å². The van der Waals surface area contributed by atoms with Crippen molar-refractivity contribution < 1.29 is 0 Å². The van der Waals surface area contributed by atoms with Crippen molar-refractivity contribution in [3.8, 4) is 0 Å². The standard InChI is InChI=1S/C12H24N4/c1-11-12(10-16(4)14-11)9-13-7-5-6-8-15(2)3/h10,13H,5-9H2,1-4H3. The number of unbranched alkanes of at least 4 members (excludes halogenated alkanes) is 1. The molecule has 4 nitrogen and oxygen atoms in total. The van der Waals surface area contributed by atoms with E-state index in [4.69, 9.17) is 0 Å². The van der Waals surface area contributed by atoms with Gasteiger partial charge in [-0.1, -0.05) is 0 Å². The molecule has 1 aromatic rings. The fraction of sp³-hybridized carbons (Fsp3) is 0.750. The van der Waals surface area contributed by atoms with Gasteiger partial charge < -0.3 is 10.2 Å². The number of aromatic nitrogens is 2. The van der Waals surface area contributed by atoms with Gasteiger partial charge in [-0.2, -0.15) is 5.10 Å². The number of hydrogen-bond acceptors (Lipinski definition) is 3. The maximum atomic E-state index is 4.32. The lowest BCUT2D eigenvalue weighted by atomic mass is 10.2. The topological polar surface area (TPSA) is 33.1 Å². The van der Waals surface area contributed by atoms with Gasteiger partial charge in [-0.3, -0.25) is 4.68 Å². The number of rotatable bonds is 7. The van der Waals surface area contributed by atoms with Crippen LogP contribution in [0.1, 0.15) is 24.1 Å². The monoisotopic (exact) mass is 224 g/mol. The average Bonchev–Trinajstić information content (AvgIpc) is 2.50. The number of hydrogen-bond donors (Lipinski definition) is 1. The highest BCUT2D eigenvalue weighted by molar-refractivity contribution is 5.14. The molecule has 1 heterocycles. The van der Waals surface area contributed by atoms with Gasteiger partial charge in [0.2, 0.25) is 0 Å². The molecule has 0 aromatic carbocycles. The van der Waals surface area contributed by atoms with Crippen LogP contribution in [-0.4, -0.2) is 41.9 Å². The Morgan fingerprint density at radius 2 is 2.12 bits per heavy atom. The summed E-state index contributed by atoms with van der Waals surface area (Å²) in [6.07, 6.45) is 4.58. The predicted molar refractivity (Wildman–Crippen MR) is 67.4 cm³/mol. The molecule has 0 aliphatic carbocycles. The van der Waals surface area contributed by atoms with Crippen molar-refractivity contribution in [1.29, 1.82) is 0 Å². The molecule has 1 aromatic heterocycles. The maximum Gasteiger partial charge on any atom is 0.0638 e. The van der Waals surface area contributed by atoms with E-state index in [9.17, 15) is 0 Å². The van der Waals surface area contributed by atoms with E-state index < -0.39 is 0 Å². The third-order valence-electron chi connectivity index (χ3n) is 2.64. The highest BCUT2D eigenvalue weighted by atomic mass is 15.2. The van der Waals surface area contributed by atoms with E-state index >= 15 is 0 Å². The highest BCUT2D eigenvalue weighted by Crippen LogP contribution is 2.03. The zero-order valence-corrected chi connectivity index (χ0v) is 11.0. The van der Waals surface area contributed by atoms with Crippen LogP contribution >= 0.6 is 0 Å². The van der Waals surface area contributed by atoms with Gasteiger partial charge in [0.25, 0.3) is 0 Å². The Kier molecular flexibility index (Phi) is 5.49. The van der Waals surface area contributed by atoms with Crippen molar-refractivity contribution >= 4 is 0 Å². The lowest BCUT2D eigenvalue weighted by Crippen LogP contribution is -2.18. The zero-order valence-electron chi connectivity index (χ0n) is 11.0. The molecule has 0 unspecified atom stereocenters. The summed E-state index contributed by atoms with van der Waals surface area (Å²) in [4.78, 5) is 2.23. The summed E-state index contributed by atoms with van der Waals surface area (Å²) in [6, 6.07) is 0. The quantitative estimate of drug-likeness (QED) is 0.706. The Hall–Kier alpha value is -0.870. The molecule has 0 atom stereocenters. The summed E-state index contributed by atoms with van der Waals surface area (Å²) in [5, 5.41) is 7.78. The smallest absolute Gasteiger partial charge is 0.0638 e. The van der Waals surface area contributed by atoms with Crippen LogP contribution in [0.4, 0.5) is 0 Å². The van der Waals surface area contributed by atoms with Crippen LogP contribution in [0.3, 0.4) is 0 Å². The first kappa shape index (κ1) is 13.2. The van der Waals surface area contributed by atoms with Crippen molar-refractivity contribution in [3.05, 3.63) is 17.5 Å². The summed E-state index contributed by atoms with van der Waals surface area (Å²) in [7, 11) is 6.20. The molecule has 0 spiro atoms. The van der Waals surface area contributed by atoms with E-state index in [1.54, 1.807) is 0 Å². The molecular formula is C12H24N4. The van der Waals surface area contributed by atoms with Crippen LogP contribution in [0.25, 0.3) is 0 Å². The second-order valence-electron chi connectivity index (χ2n) is 4.60. The minimum absolute atomic E-state index is 0.932. The fourth-order valence-electron chi connectivity index (χ4n) is 1.72. The third-order valence-corrected chi connectivity index (χ3v) is 2.64. The van der Waals surface area contributed by atoms with E-state index in [1.807, 2.05) is 11.7 Å². The molecule has 0 bridgehead atoms. The van der Waals surface area contributed by atoms with Gasteiger partial charge in [0.05, 0.1) is 5.69 Å². The summed E-state index contributed by atoms with van der Waals surface area (Å²) >= 11 is 0. The molecule has 1 N–H and O–H groups in total. The molecule has 0 aliphatic heterocycles. The van der Waals surface area contributed by atoms with Crippen LogP contribution in [0, 0.1) is 6.92 Å². The molecule has 0 saturated carbocycles. The Morgan fingerprint density at radius 3 is 2.69 bits per heavy atom. The largest absolute Gasteiger partial charge is 0.313 e. The molecule has 0 saturated heterocycles. The van der Waals surface area contributed by atoms with Crippen LogP contribution in [-0.2, 0) is 13.6 Å². The molecule has 0 amide bonds. The van der Waals surface area contributed by atoms with Gasteiger partial charge in [0.15, 0.2) is 0 Å². The third kappa shape index (κ3) is 4.77. The minimum atomic E-state index is 0.932. The maximum absolute atomic E-state index is 4.32. The summed E-state index contributed by atoms with van der Waals surface area (Å²) in [6.45, 7) is 5.25. The average molecular weight is 224 g/mol. The normalized spacial score (nSPS) is 11.3. The molecule has 16 heavy (non-hydrogen) atoms. The molecule has 4 heteroatoms. The summed E-state index contributed by atoms with van der Waals surface area (Å²) < 4.78 is 1.87. The van der Waals surface area contributed by atoms with Crippen molar-refractivity contribution in [1.82, 2.24) is 20.0 Å². The van der Waals surface area contributed by atoms with Gasteiger partial charge >= 0.3 is 0 Å². The van der Waals surface area contributed by atoms with Gasteiger partial charge in [0, 0.05) is 25.4 Å². The Balaban J connectivity index is 2.09. The van der Waals surface area contributed by atoms with Crippen LogP contribution in [0.15, 0.2) is 6.20 Å². The van der Waals surface area contributed by atoms with Crippen LogP contribution < -0.4 is 5.32 Å².